The van der Waals surface area contributed by atoms with Gasteiger partial charge in [-0.3, -0.25) is 9.59 Å². The fourth-order valence-corrected chi connectivity index (χ4v) is 3.41. The molecule has 2 saturated carbocycles. The zero-order valence-corrected chi connectivity index (χ0v) is 12.3. The second-order valence-electron chi connectivity index (χ2n) is 6.16. The minimum atomic E-state index is -0.514. The number of hydrogen-bond acceptors (Lipinski definition) is 4. The van der Waals surface area contributed by atoms with Crippen LogP contribution in [0.15, 0.2) is 22.8 Å². The molecule has 2 atom stereocenters. The molecular weight excluding hydrogens is 270 g/mol. The molecule has 0 unspecified atom stereocenters. The summed E-state index contributed by atoms with van der Waals surface area (Å²) < 4.78 is 10.3. The van der Waals surface area contributed by atoms with E-state index < -0.39 is 5.41 Å². The zero-order valence-electron chi connectivity index (χ0n) is 12.3. The molecule has 0 saturated heterocycles. The molecule has 2 aliphatic rings. The van der Waals surface area contributed by atoms with Crippen molar-refractivity contribution in [3.05, 3.63) is 24.2 Å². The Hall–Kier alpha value is -1.78. The van der Waals surface area contributed by atoms with Gasteiger partial charge >= 0.3 is 5.97 Å². The first kappa shape index (κ1) is 14.2. The van der Waals surface area contributed by atoms with Crippen molar-refractivity contribution in [1.29, 1.82) is 0 Å². The highest BCUT2D eigenvalue weighted by atomic mass is 16.5. The molecule has 1 aromatic heterocycles. The van der Waals surface area contributed by atoms with Gasteiger partial charge in [0.2, 0.25) is 5.91 Å². The second-order valence-corrected chi connectivity index (χ2v) is 6.16. The topological polar surface area (TPSA) is 68.5 Å². The van der Waals surface area contributed by atoms with E-state index in [2.05, 4.69) is 5.32 Å². The molecule has 21 heavy (non-hydrogen) atoms. The Bertz CT molecular complexity index is 516. The lowest BCUT2D eigenvalue weighted by atomic mass is 9.86. The molecule has 3 rings (SSSR count). The fourth-order valence-electron chi connectivity index (χ4n) is 3.41. The third kappa shape index (κ3) is 2.69. The number of furan rings is 1. The summed E-state index contributed by atoms with van der Waals surface area (Å²) in [5, 5.41) is 2.95. The maximum Gasteiger partial charge on any atom is 0.313 e. The quantitative estimate of drug-likeness (QED) is 0.845. The average molecular weight is 291 g/mol. The van der Waals surface area contributed by atoms with Crippen LogP contribution in [-0.2, 0) is 14.3 Å². The molecule has 0 spiro atoms. The lowest BCUT2D eigenvalue weighted by molar-refractivity contribution is -0.152. The highest BCUT2D eigenvalue weighted by Gasteiger charge is 2.47. The van der Waals surface area contributed by atoms with E-state index >= 15 is 0 Å². The lowest BCUT2D eigenvalue weighted by Crippen LogP contribution is -2.42. The van der Waals surface area contributed by atoms with Crippen molar-refractivity contribution < 1.29 is 18.7 Å². The van der Waals surface area contributed by atoms with Crippen LogP contribution in [0.4, 0.5) is 0 Å². The minimum absolute atomic E-state index is 0.0200. The van der Waals surface area contributed by atoms with Crippen LogP contribution in [0.25, 0.3) is 0 Å². The van der Waals surface area contributed by atoms with E-state index in [0.717, 1.165) is 37.9 Å². The van der Waals surface area contributed by atoms with E-state index in [9.17, 15) is 9.59 Å². The van der Waals surface area contributed by atoms with Gasteiger partial charge in [-0.15, -0.1) is 0 Å². The first-order valence-corrected chi connectivity index (χ1v) is 7.56. The molecule has 1 heterocycles. The van der Waals surface area contributed by atoms with Crippen molar-refractivity contribution in [3.63, 3.8) is 0 Å². The van der Waals surface area contributed by atoms with Crippen molar-refractivity contribution in [3.8, 4) is 0 Å². The Balaban J connectivity index is 1.55. The Labute approximate surface area is 124 Å². The molecule has 0 bridgehead atoms. The predicted octanol–water partition coefficient (Wildman–Crippen LogP) is 2.23. The summed E-state index contributed by atoms with van der Waals surface area (Å²) in [7, 11) is 1.41. The number of carbonyl (C=O) groups is 2. The molecule has 0 aliphatic heterocycles. The Morgan fingerprint density at radius 2 is 2.19 bits per heavy atom. The van der Waals surface area contributed by atoms with Gasteiger partial charge in [-0.2, -0.15) is 0 Å². The van der Waals surface area contributed by atoms with Gasteiger partial charge in [0.1, 0.15) is 5.76 Å². The molecule has 2 fully saturated rings. The number of hydrogen-bond donors (Lipinski definition) is 1. The van der Waals surface area contributed by atoms with Gasteiger partial charge in [-0.25, -0.2) is 0 Å². The van der Waals surface area contributed by atoms with Crippen LogP contribution in [0, 0.1) is 11.3 Å². The van der Waals surface area contributed by atoms with Gasteiger partial charge in [0, 0.05) is 18.4 Å². The first-order valence-electron chi connectivity index (χ1n) is 7.56. The molecule has 1 N–H and O–H groups in total. The van der Waals surface area contributed by atoms with Gasteiger partial charge in [-0.1, -0.05) is 12.8 Å². The van der Waals surface area contributed by atoms with E-state index in [4.69, 9.17) is 9.15 Å². The number of rotatable bonds is 5. The molecule has 1 amide bonds. The number of methoxy groups -OCH3 is 1. The van der Waals surface area contributed by atoms with Gasteiger partial charge in [-0.05, 0) is 31.4 Å². The van der Waals surface area contributed by atoms with Crippen LogP contribution >= 0.6 is 0 Å². The van der Waals surface area contributed by atoms with Crippen LogP contribution in [0.1, 0.15) is 43.8 Å². The van der Waals surface area contributed by atoms with E-state index in [0.29, 0.717) is 6.54 Å². The third-order valence-corrected chi connectivity index (χ3v) is 4.82. The van der Waals surface area contributed by atoms with Crippen LogP contribution in [-0.4, -0.2) is 25.5 Å². The number of ether oxygens (including phenoxy) is 1. The SMILES string of the molecule is COC(=O)C1(CNC(=O)[C@H]2C[C@H]2c2ccco2)CCCC1. The number of amides is 1. The Morgan fingerprint density at radius 1 is 1.43 bits per heavy atom. The third-order valence-electron chi connectivity index (χ3n) is 4.82. The number of nitrogens with one attached hydrogen (secondary N) is 1. The van der Waals surface area contributed by atoms with E-state index in [1.807, 2.05) is 12.1 Å². The molecule has 5 heteroatoms. The average Bonchev–Trinajstić information content (AvgIpc) is 2.95. The summed E-state index contributed by atoms with van der Waals surface area (Å²) in [4.78, 5) is 24.2. The van der Waals surface area contributed by atoms with Gasteiger partial charge in [0.05, 0.1) is 18.8 Å². The van der Waals surface area contributed by atoms with E-state index in [1.54, 1.807) is 6.26 Å². The summed E-state index contributed by atoms with van der Waals surface area (Å²) in [6, 6.07) is 3.75. The highest BCUT2D eigenvalue weighted by Crippen LogP contribution is 2.48. The molecule has 0 aromatic carbocycles. The van der Waals surface area contributed by atoms with Crippen LogP contribution < -0.4 is 5.32 Å². The molecule has 114 valence electrons. The summed E-state index contributed by atoms with van der Waals surface area (Å²) in [6.07, 6.45) is 6.09. The van der Waals surface area contributed by atoms with Crippen molar-refractivity contribution in [2.45, 2.75) is 38.0 Å². The Kier molecular flexibility index (Phi) is 3.74. The van der Waals surface area contributed by atoms with Crippen molar-refractivity contribution in [2.75, 3.05) is 13.7 Å². The molecule has 1 aromatic rings. The zero-order chi connectivity index (χ0) is 14.9. The summed E-state index contributed by atoms with van der Waals surface area (Å²) in [5.74, 6) is 0.869. The van der Waals surface area contributed by atoms with Crippen LogP contribution in [0.2, 0.25) is 0 Å². The van der Waals surface area contributed by atoms with Crippen LogP contribution in [0.5, 0.6) is 0 Å². The van der Waals surface area contributed by atoms with Crippen molar-refractivity contribution in [2.24, 2.45) is 11.3 Å². The van der Waals surface area contributed by atoms with Gasteiger partial charge in [0.15, 0.2) is 0 Å². The summed E-state index contributed by atoms with van der Waals surface area (Å²) in [6.45, 7) is 0.389. The number of carbonyl (C=O) groups excluding carboxylic acids is 2. The maximum absolute atomic E-state index is 12.2. The number of esters is 1. The smallest absolute Gasteiger partial charge is 0.313 e. The van der Waals surface area contributed by atoms with Crippen molar-refractivity contribution in [1.82, 2.24) is 5.32 Å². The van der Waals surface area contributed by atoms with Crippen LogP contribution in [0.3, 0.4) is 0 Å². The molecule has 0 radical (unpaired) electrons. The lowest BCUT2D eigenvalue weighted by Gasteiger charge is -2.26. The Morgan fingerprint density at radius 3 is 2.81 bits per heavy atom. The summed E-state index contributed by atoms with van der Waals surface area (Å²) in [5.41, 5.74) is -0.514. The monoisotopic (exact) mass is 291 g/mol. The normalized spacial score (nSPS) is 26.3. The molecule has 2 aliphatic carbocycles. The second kappa shape index (κ2) is 5.54. The van der Waals surface area contributed by atoms with Crippen molar-refractivity contribution >= 4 is 11.9 Å². The van der Waals surface area contributed by atoms with E-state index in [1.165, 1.54) is 7.11 Å². The molecular formula is C16H21NO4. The fraction of sp³-hybridized carbons (Fsp3) is 0.625. The predicted molar refractivity (Wildman–Crippen MR) is 75.5 cm³/mol. The highest BCUT2D eigenvalue weighted by molar-refractivity contribution is 5.84. The first-order chi connectivity index (χ1) is 10.2. The maximum atomic E-state index is 12.2. The minimum Gasteiger partial charge on any atom is -0.469 e. The largest absolute Gasteiger partial charge is 0.469 e. The van der Waals surface area contributed by atoms with Gasteiger partial charge < -0.3 is 14.5 Å². The standard InChI is InChI=1S/C16H21NO4/c1-20-15(19)16(6-2-3-7-16)10-17-14(18)12-9-11(12)13-5-4-8-21-13/h4-5,8,11-12H,2-3,6-7,9-10H2,1H3,(H,17,18)/t11-,12+/m1/s1. The molecule has 5 nitrogen and oxygen atoms in total. The summed E-state index contributed by atoms with van der Waals surface area (Å²) >= 11 is 0. The van der Waals surface area contributed by atoms with Gasteiger partial charge in [0.25, 0.3) is 0 Å². The van der Waals surface area contributed by atoms with E-state index in [-0.39, 0.29) is 23.7 Å².